The Hall–Kier alpha value is -2.49. The summed E-state index contributed by atoms with van der Waals surface area (Å²) in [5.41, 5.74) is 2.22. The summed E-state index contributed by atoms with van der Waals surface area (Å²) in [5, 5.41) is 22.1. The maximum Gasteiger partial charge on any atom is 0.157 e. The zero-order valence-electron chi connectivity index (χ0n) is 11.7. The lowest BCUT2D eigenvalue weighted by Gasteiger charge is -2.04. The Morgan fingerprint density at radius 2 is 1.81 bits per heavy atom. The number of phenolic OH excluding ortho intramolecular Hbond substituents is 2. The standard InChI is InChI=1S/C17H18N2O2/c20-15-7-6-13(9-16(15)21)10-17-18-11-14(19-17)8-12-4-2-1-3-5-12/h1-7,9,14,20-21H,8,10-11H2,(H,18,19)/t14-/m0/s1. The molecule has 0 amide bonds. The van der Waals surface area contributed by atoms with Gasteiger partial charge < -0.3 is 15.5 Å². The van der Waals surface area contributed by atoms with Crippen LogP contribution >= 0.6 is 0 Å². The molecule has 0 aromatic heterocycles. The molecular weight excluding hydrogens is 264 g/mol. The van der Waals surface area contributed by atoms with Gasteiger partial charge in [0.2, 0.25) is 0 Å². The first-order chi connectivity index (χ1) is 10.2. The summed E-state index contributed by atoms with van der Waals surface area (Å²) < 4.78 is 0. The molecule has 0 saturated heterocycles. The van der Waals surface area contributed by atoms with E-state index in [1.807, 2.05) is 18.2 Å². The monoisotopic (exact) mass is 282 g/mol. The molecule has 1 atom stereocenters. The van der Waals surface area contributed by atoms with E-state index in [-0.39, 0.29) is 17.5 Å². The number of amidine groups is 1. The second-order valence-electron chi connectivity index (χ2n) is 5.30. The number of aliphatic imine (C=N–C) groups is 1. The van der Waals surface area contributed by atoms with Crippen molar-refractivity contribution in [1.29, 1.82) is 0 Å². The van der Waals surface area contributed by atoms with Gasteiger partial charge in [-0.05, 0) is 29.7 Å². The van der Waals surface area contributed by atoms with Crippen molar-refractivity contribution in [3.8, 4) is 11.5 Å². The van der Waals surface area contributed by atoms with Crippen molar-refractivity contribution in [2.75, 3.05) is 6.54 Å². The molecule has 2 aromatic rings. The molecule has 3 rings (SSSR count). The van der Waals surface area contributed by atoms with Gasteiger partial charge in [0.05, 0.1) is 6.04 Å². The fourth-order valence-electron chi connectivity index (χ4n) is 2.53. The molecule has 1 aliphatic heterocycles. The van der Waals surface area contributed by atoms with Crippen LogP contribution in [0.25, 0.3) is 0 Å². The van der Waals surface area contributed by atoms with Gasteiger partial charge in [-0.15, -0.1) is 0 Å². The van der Waals surface area contributed by atoms with E-state index in [1.165, 1.54) is 11.6 Å². The van der Waals surface area contributed by atoms with Crippen LogP contribution in [0.15, 0.2) is 53.5 Å². The predicted molar refractivity (Wildman–Crippen MR) is 82.8 cm³/mol. The van der Waals surface area contributed by atoms with Crippen LogP contribution in [0.3, 0.4) is 0 Å². The molecule has 3 N–H and O–H groups in total. The molecular formula is C17H18N2O2. The van der Waals surface area contributed by atoms with Gasteiger partial charge in [0, 0.05) is 13.0 Å². The molecule has 1 heterocycles. The number of nitrogens with one attached hydrogen (secondary N) is 1. The maximum absolute atomic E-state index is 9.51. The summed E-state index contributed by atoms with van der Waals surface area (Å²) in [6.45, 7) is 0.842. The topological polar surface area (TPSA) is 64.9 Å². The molecule has 4 heteroatoms. The van der Waals surface area contributed by atoms with Gasteiger partial charge in [0.15, 0.2) is 11.5 Å². The Morgan fingerprint density at radius 3 is 2.57 bits per heavy atom. The zero-order valence-corrected chi connectivity index (χ0v) is 11.7. The fourth-order valence-corrected chi connectivity index (χ4v) is 2.53. The van der Waals surface area contributed by atoms with Crippen molar-refractivity contribution in [3.63, 3.8) is 0 Å². The van der Waals surface area contributed by atoms with Crippen LogP contribution in [-0.2, 0) is 12.8 Å². The largest absolute Gasteiger partial charge is 0.504 e. The van der Waals surface area contributed by atoms with Crippen LogP contribution in [0.5, 0.6) is 11.5 Å². The molecule has 0 unspecified atom stereocenters. The highest BCUT2D eigenvalue weighted by molar-refractivity contribution is 5.86. The number of phenols is 2. The minimum absolute atomic E-state index is 0.0908. The van der Waals surface area contributed by atoms with Gasteiger partial charge in [0.25, 0.3) is 0 Å². The highest BCUT2D eigenvalue weighted by atomic mass is 16.3. The molecule has 1 aliphatic rings. The number of rotatable bonds is 4. The summed E-state index contributed by atoms with van der Waals surface area (Å²) in [5.74, 6) is 0.745. The number of aromatic hydroxyl groups is 2. The minimum atomic E-state index is -0.0953. The third kappa shape index (κ3) is 3.34. The van der Waals surface area contributed by atoms with E-state index < -0.39 is 0 Å². The second-order valence-corrected chi connectivity index (χ2v) is 5.30. The third-order valence-corrected chi connectivity index (χ3v) is 3.61. The molecule has 108 valence electrons. The molecule has 0 bridgehead atoms. The van der Waals surface area contributed by atoms with E-state index in [2.05, 4.69) is 17.4 Å². The molecule has 21 heavy (non-hydrogen) atoms. The first-order valence-corrected chi connectivity index (χ1v) is 7.06. The summed E-state index contributed by atoms with van der Waals surface area (Å²) in [4.78, 5) is 4.69. The molecule has 4 nitrogen and oxygen atoms in total. The average Bonchev–Trinajstić information content (AvgIpc) is 2.91. The Balaban J connectivity index is 1.64. The van der Waals surface area contributed by atoms with Crippen LogP contribution < -0.4 is 5.32 Å². The molecule has 0 aliphatic carbocycles. The minimum Gasteiger partial charge on any atom is -0.504 e. The quantitative estimate of drug-likeness (QED) is 0.754. The van der Waals surface area contributed by atoms with Gasteiger partial charge in [-0.2, -0.15) is 0 Å². The van der Waals surface area contributed by atoms with E-state index in [0.29, 0.717) is 6.42 Å². The molecule has 0 spiro atoms. The fraction of sp³-hybridized carbons (Fsp3) is 0.235. The smallest absolute Gasteiger partial charge is 0.157 e. The number of hydrogen-bond acceptors (Lipinski definition) is 4. The molecule has 0 radical (unpaired) electrons. The van der Waals surface area contributed by atoms with E-state index in [9.17, 15) is 10.2 Å². The first-order valence-electron chi connectivity index (χ1n) is 7.06. The van der Waals surface area contributed by atoms with Crippen LogP contribution in [0.4, 0.5) is 0 Å². The van der Waals surface area contributed by atoms with Gasteiger partial charge in [0.1, 0.15) is 5.84 Å². The summed E-state index contributed by atoms with van der Waals surface area (Å²) in [6.07, 6.45) is 1.57. The lowest BCUT2D eigenvalue weighted by atomic mass is 10.1. The van der Waals surface area contributed by atoms with Crippen LogP contribution in [0.2, 0.25) is 0 Å². The van der Waals surface area contributed by atoms with Crippen molar-refractivity contribution in [1.82, 2.24) is 5.32 Å². The van der Waals surface area contributed by atoms with Crippen molar-refractivity contribution in [3.05, 3.63) is 59.7 Å². The highest BCUT2D eigenvalue weighted by Gasteiger charge is 2.17. The van der Waals surface area contributed by atoms with Gasteiger partial charge in [-0.3, -0.25) is 4.99 Å². The van der Waals surface area contributed by atoms with Crippen molar-refractivity contribution >= 4 is 5.84 Å². The van der Waals surface area contributed by atoms with Crippen molar-refractivity contribution < 1.29 is 10.2 Å². The van der Waals surface area contributed by atoms with Crippen LogP contribution in [-0.4, -0.2) is 28.6 Å². The normalized spacial score (nSPS) is 17.3. The summed E-state index contributed by atoms with van der Waals surface area (Å²) in [7, 11) is 0. The van der Waals surface area contributed by atoms with Gasteiger partial charge >= 0.3 is 0 Å². The Bertz CT molecular complexity index is 653. The zero-order chi connectivity index (χ0) is 14.7. The lowest BCUT2D eigenvalue weighted by Crippen LogP contribution is -2.23. The Kier molecular flexibility index (Phi) is 3.77. The SMILES string of the molecule is Oc1ccc(CC2=N[C@@H](Cc3ccccc3)CN2)cc1O. The van der Waals surface area contributed by atoms with E-state index in [4.69, 9.17) is 4.99 Å². The van der Waals surface area contributed by atoms with E-state index in [0.717, 1.165) is 24.4 Å². The number of nitrogens with zero attached hydrogens (tertiary/aromatic N) is 1. The van der Waals surface area contributed by atoms with Gasteiger partial charge in [-0.25, -0.2) is 0 Å². The molecule has 0 fully saturated rings. The maximum atomic E-state index is 9.51. The third-order valence-electron chi connectivity index (χ3n) is 3.61. The van der Waals surface area contributed by atoms with E-state index in [1.54, 1.807) is 12.1 Å². The Morgan fingerprint density at radius 1 is 1.00 bits per heavy atom. The first kappa shape index (κ1) is 13.5. The predicted octanol–water partition coefficient (Wildman–Crippen LogP) is 2.25. The highest BCUT2D eigenvalue weighted by Crippen LogP contribution is 2.25. The summed E-state index contributed by atoms with van der Waals surface area (Å²) >= 11 is 0. The van der Waals surface area contributed by atoms with Crippen molar-refractivity contribution in [2.45, 2.75) is 18.9 Å². The van der Waals surface area contributed by atoms with Crippen LogP contribution in [0, 0.1) is 0 Å². The molecule has 0 saturated carbocycles. The Labute approximate surface area is 123 Å². The van der Waals surface area contributed by atoms with E-state index >= 15 is 0 Å². The lowest BCUT2D eigenvalue weighted by molar-refractivity contribution is 0.403. The average molecular weight is 282 g/mol. The van der Waals surface area contributed by atoms with Crippen LogP contribution in [0.1, 0.15) is 11.1 Å². The molecule has 2 aromatic carbocycles. The van der Waals surface area contributed by atoms with Crippen molar-refractivity contribution in [2.24, 2.45) is 4.99 Å². The second kappa shape index (κ2) is 5.87. The number of hydrogen-bond donors (Lipinski definition) is 3. The van der Waals surface area contributed by atoms with Gasteiger partial charge in [-0.1, -0.05) is 36.4 Å². The number of benzene rings is 2. The summed E-state index contributed by atoms with van der Waals surface area (Å²) in [6, 6.07) is 15.5.